The molecule has 2 N–H and O–H groups in total. The number of nitrogens with zero attached hydrogens (tertiary/aromatic N) is 3. The Kier molecular flexibility index (Phi) is 6.86. The minimum atomic E-state index is -0.0643. The Balaban J connectivity index is 1.27. The first-order chi connectivity index (χ1) is 14.8. The van der Waals surface area contributed by atoms with Crippen molar-refractivity contribution in [1.29, 1.82) is 0 Å². The first kappa shape index (κ1) is 22.5. The van der Waals surface area contributed by atoms with Crippen LogP contribution in [0.25, 0.3) is 10.9 Å². The fourth-order valence-corrected chi connectivity index (χ4v) is 4.60. The van der Waals surface area contributed by atoms with Gasteiger partial charge in [-0.05, 0) is 51.2 Å². The van der Waals surface area contributed by atoms with Gasteiger partial charge in [-0.15, -0.1) is 0 Å². The quantitative estimate of drug-likeness (QED) is 0.674. The lowest BCUT2D eigenvalue weighted by atomic mass is 9.88. The number of aromatic nitrogens is 2. The van der Waals surface area contributed by atoms with Crippen LogP contribution in [-0.2, 0) is 9.53 Å². The Hall–Kier alpha value is -1.67. The standard InChI is InChI=1S/C22H28Cl2N5O2/c1-22(2)9-14(4-6-31-22)10-25-15-3-5-29(12-15)20(30)11-26-21-16-7-17(23)18(24)8-19(16)27-13-28-21/h7-8,10,13-15,25H,3-6,9,11-12H2,1-2H3,(H,26,27,28)/t14?,15-/m1/s1. The molecular formula is C22H28Cl2N5O2. The summed E-state index contributed by atoms with van der Waals surface area (Å²) in [6.07, 6.45) is 4.45. The SMILES string of the molecule is CC1(C)CC([CH]N[C@@H]2CCN(C(=O)CNc3ncnc4cc(Cl)c(Cl)cc34)C2)CCO1. The van der Waals surface area contributed by atoms with Crippen LogP contribution in [0.5, 0.6) is 0 Å². The lowest BCUT2D eigenvalue weighted by Crippen LogP contribution is -2.40. The molecule has 4 rings (SSSR count). The average Bonchev–Trinajstić information content (AvgIpc) is 3.20. The van der Waals surface area contributed by atoms with Crippen LogP contribution in [-0.4, -0.2) is 58.7 Å². The summed E-state index contributed by atoms with van der Waals surface area (Å²) in [5.41, 5.74) is 0.613. The first-order valence-electron chi connectivity index (χ1n) is 10.7. The minimum absolute atomic E-state index is 0.0447. The van der Waals surface area contributed by atoms with Crippen LogP contribution in [0.2, 0.25) is 10.0 Å². The van der Waals surface area contributed by atoms with Gasteiger partial charge in [-0.2, -0.15) is 0 Å². The van der Waals surface area contributed by atoms with Crippen molar-refractivity contribution >= 4 is 45.8 Å². The number of hydrogen-bond acceptors (Lipinski definition) is 6. The molecule has 1 unspecified atom stereocenters. The first-order valence-corrected chi connectivity index (χ1v) is 11.4. The number of benzene rings is 1. The summed E-state index contributed by atoms with van der Waals surface area (Å²) >= 11 is 12.2. The Morgan fingerprint density at radius 1 is 1.29 bits per heavy atom. The molecule has 2 aliphatic rings. The van der Waals surface area contributed by atoms with Gasteiger partial charge >= 0.3 is 0 Å². The third-order valence-electron chi connectivity index (χ3n) is 5.93. The number of fused-ring (bicyclic) bond motifs is 1. The van der Waals surface area contributed by atoms with E-state index in [0.29, 0.717) is 33.8 Å². The molecule has 0 bridgehead atoms. The number of nitrogens with one attached hydrogen (secondary N) is 2. The maximum absolute atomic E-state index is 12.7. The van der Waals surface area contributed by atoms with Crippen molar-refractivity contribution < 1.29 is 9.53 Å². The van der Waals surface area contributed by atoms with E-state index in [9.17, 15) is 4.79 Å². The van der Waals surface area contributed by atoms with E-state index in [4.69, 9.17) is 27.9 Å². The van der Waals surface area contributed by atoms with E-state index in [1.54, 1.807) is 12.1 Å². The highest BCUT2D eigenvalue weighted by atomic mass is 35.5. The lowest BCUT2D eigenvalue weighted by molar-refractivity contribution is -0.128. The van der Waals surface area contributed by atoms with Crippen molar-refractivity contribution in [1.82, 2.24) is 20.2 Å². The molecule has 2 fully saturated rings. The van der Waals surface area contributed by atoms with Crippen molar-refractivity contribution in [2.75, 3.05) is 31.6 Å². The highest BCUT2D eigenvalue weighted by Crippen LogP contribution is 2.31. The van der Waals surface area contributed by atoms with E-state index >= 15 is 0 Å². The minimum Gasteiger partial charge on any atom is -0.376 e. The van der Waals surface area contributed by atoms with Crippen LogP contribution < -0.4 is 10.6 Å². The second-order valence-corrected chi connectivity index (χ2v) is 9.69. The molecule has 7 nitrogen and oxygen atoms in total. The second kappa shape index (κ2) is 9.45. The van der Waals surface area contributed by atoms with Crippen LogP contribution in [0, 0.1) is 12.5 Å². The molecule has 1 aromatic heterocycles. The van der Waals surface area contributed by atoms with Gasteiger partial charge in [-0.1, -0.05) is 23.2 Å². The average molecular weight is 465 g/mol. The summed E-state index contributed by atoms with van der Waals surface area (Å²) in [5, 5.41) is 8.27. The van der Waals surface area contributed by atoms with Crippen molar-refractivity contribution in [2.45, 2.75) is 44.8 Å². The van der Waals surface area contributed by atoms with Crippen LogP contribution in [0.3, 0.4) is 0 Å². The fourth-order valence-electron chi connectivity index (χ4n) is 4.28. The second-order valence-electron chi connectivity index (χ2n) is 8.88. The summed E-state index contributed by atoms with van der Waals surface area (Å²) in [6.45, 7) is 8.90. The molecule has 31 heavy (non-hydrogen) atoms. The zero-order chi connectivity index (χ0) is 22.0. The maximum Gasteiger partial charge on any atom is 0.241 e. The molecule has 9 heteroatoms. The van der Waals surface area contributed by atoms with Crippen molar-refractivity contribution in [3.8, 4) is 0 Å². The van der Waals surface area contributed by atoms with Crippen LogP contribution >= 0.6 is 23.2 Å². The van der Waals surface area contributed by atoms with E-state index in [0.717, 1.165) is 37.8 Å². The van der Waals surface area contributed by atoms with E-state index in [1.807, 2.05) is 4.90 Å². The zero-order valence-electron chi connectivity index (χ0n) is 17.8. The maximum atomic E-state index is 12.7. The topological polar surface area (TPSA) is 79.4 Å². The molecule has 0 aliphatic carbocycles. The predicted octanol–water partition coefficient (Wildman–Crippen LogP) is 3.91. The number of rotatable bonds is 6. The van der Waals surface area contributed by atoms with E-state index in [1.165, 1.54) is 6.33 Å². The largest absolute Gasteiger partial charge is 0.376 e. The number of carbonyl (C=O) groups is 1. The van der Waals surface area contributed by atoms with Gasteiger partial charge in [0.05, 0.1) is 27.7 Å². The molecule has 0 saturated carbocycles. The van der Waals surface area contributed by atoms with Gasteiger partial charge in [0, 0.05) is 37.7 Å². The molecule has 3 heterocycles. The molecule has 1 aromatic carbocycles. The summed E-state index contributed by atoms with van der Waals surface area (Å²) in [7, 11) is 0. The smallest absolute Gasteiger partial charge is 0.241 e. The summed E-state index contributed by atoms with van der Waals surface area (Å²) in [4.78, 5) is 23.1. The molecule has 2 aromatic rings. The van der Waals surface area contributed by atoms with Gasteiger partial charge in [0.25, 0.3) is 0 Å². The zero-order valence-corrected chi connectivity index (χ0v) is 19.3. The Morgan fingerprint density at radius 3 is 2.90 bits per heavy atom. The van der Waals surface area contributed by atoms with Gasteiger partial charge in [-0.3, -0.25) is 4.79 Å². The predicted molar refractivity (Wildman–Crippen MR) is 123 cm³/mol. The number of ether oxygens (including phenoxy) is 1. The van der Waals surface area contributed by atoms with Gasteiger partial charge < -0.3 is 20.3 Å². The molecule has 1 amide bonds. The number of hydrogen-bond donors (Lipinski definition) is 2. The third-order valence-corrected chi connectivity index (χ3v) is 6.65. The monoisotopic (exact) mass is 464 g/mol. The lowest BCUT2D eigenvalue weighted by Gasteiger charge is -2.35. The molecular weight excluding hydrogens is 437 g/mol. The highest BCUT2D eigenvalue weighted by molar-refractivity contribution is 6.42. The number of amides is 1. The molecule has 1 radical (unpaired) electrons. The fraction of sp³-hybridized carbons (Fsp3) is 0.545. The van der Waals surface area contributed by atoms with Crippen LogP contribution in [0.4, 0.5) is 5.82 Å². The van der Waals surface area contributed by atoms with Gasteiger partial charge in [0.2, 0.25) is 5.91 Å². The summed E-state index contributed by atoms with van der Waals surface area (Å²) in [6, 6.07) is 3.70. The number of halogens is 2. The Labute approximate surface area is 192 Å². The molecule has 2 atom stereocenters. The van der Waals surface area contributed by atoms with Crippen LogP contribution in [0.15, 0.2) is 18.5 Å². The number of carbonyl (C=O) groups excluding carboxylic acids is 1. The third kappa shape index (κ3) is 5.58. The molecule has 167 valence electrons. The molecule has 2 saturated heterocycles. The van der Waals surface area contributed by atoms with Gasteiger partial charge in [0.1, 0.15) is 12.1 Å². The van der Waals surface area contributed by atoms with E-state index in [-0.39, 0.29) is 24.1 Å². The van der Waals surface area contributed by atoms with Gasteiger partial charge in [-0.25, -0.2) is 9.97 Å². The van der Waals surface area contributed by atoms with Gasteiger partial charge in [0.15, 0.2) is 0 Å². The molecule has 0 spiro atoms. The van der Waals surface area contributed by atoms with Crippen LogP contribution in [0.1, 0.15) is 33.1 Å². The number of likely N-dealkylation sites (tertiary alicyclic amines) is 1. The number of anilines is 1. The van der Waals surface area contributed by atoms with Crippen molar-refractivity contribution in [3.05, 3.63) is 35.1 Å². The highest BCUT2D eigenvalue weighted by Gasteiger charge is 2.31. The summed E-state index contributed by atoms with van der Waals surface area (Å²) in [5.74, 6) is 1.12. The normalized spacial score (nSPS) is 23.3. The van der Waals surface area contributed by atoms with E-state index < -0.39 is 0 Å². The Bertz CT molecular complexity index is 955. The molecule has 2 aliphatic heterocycles. The van der Waals surface area contributed by atoms with Crippen molar-refractivity contribution in [2.24, 2.45) is 5.92 Å². The Morgan fingerprint density at radius 2 is 2.10 bits per heavy atom. The van der Waals surface area contributed by atoms with Crippen molar-refractivity contribution in [3.63, 3.8) is 0 Å². The summed E-state index contributed by atoms with van der Waals surface area (Å²) < 4.78 is 5.79. The van der Waals surface area contributed by atoms with E-state index in [2.05, 4.69) is 41.0 Å².